The van der Waals surface area contributed by atoms with Crippen molar-refractivity contribution in [2.75, 3.05) is 5.88 Å². The van der Waals surface area contributed by atoms with Crippen LogP contribution in [0.25, 0.3) is 16.7 Å². The smallest absolute Gasteiger partial charge is 0.123 e. The molecule has 0 N–H and O–H groups in total. The van der Waals surface area contributed by atoms with Crippen molar-refractivity contribution in [1.29, 1.82) is 0 Å². The third-order valence-corrected chi connectivity index (χ3v) is 3.60. The number of para-hydroxylation sites is 1. The molecule has 5 heteroatoms. The number of halogens is 3. The topological polar surface area (TPSA) is 17.8 Å². The number of hydrogen-bond acceptors (Lipinski definition) is 1. The van der Waals surface area contributed by atoms with Gasteiger partial charge in [-0.05, 0) is 36.4 Å². The Morgan fingerprint density at radius 1 is 1.10 bits per heavy atom. The number of aromatic nitrogens is 2. The third kappa shape index (κ3) is 2.28. The van der Waals surface area contributed by atoms with Crippen molar-refractivity contribution >= 4 is 34.2 Å². The van der Waals surface area contributed by atoms with E-state index in [1.807, 2.05) is 16.7 Å². The molecule has 102 valence electrons. The van der Waals surface area contributed by atoms with Crippen LogP contribution in [0.5, 0.6) is 0 Å². The lowest BCUT2D eigenvalue weighted by molar-refractivity contribution is 0.627. The lowest BCUT2D eigenvalue weighted by Gasteiger charge is -2.08. The largest absolute Gasteiger partial charge is 0.296 e. The summed E-state index contributed by atoms with van der Waals surface area (Å²) in [7, 11) is 0. The van der Waals surface area contributed by atoms with E-state index < -0.39 is 0 Å². The second kappa shape index (κ2) is 5.43. The normalized spacial score (nSPS) is 11.2. The number of hydrogen-bond donors (Lipinski definition) is 0. The van der Waals surface area contributed by atoms with Crippen molar-refractivity contribution in [3.05, 3.63) is 59.1 Å². The Bertz CT molecular complexity index is 750. The molecule has 0 amide bonds. The van der Waals surface area contributed by atoms with Crippen molar-refractivity contribution in [1.82, 2.24) is 9.55 Å². The molecule has 1 aromatic heterocycles. The van der Waals surface area contributed by atoms with Gasteiger partial charge in [-0.15, -0.1) is 11.6 Å². The number of fused-ring (bicyclic) bond motifs is 1. The molecule has 2 aromatic carbocycles. The maximum Gasteiger partial charge on any atom is 0.123 e. The molecule has 0 radical (unpaired) electrons. The molecule has 20 heavy (non-hydrogen) atoms. The molecular formula is C15H11Cl2FN2. The van der Waals surface area contributed by atoms with E-state index in [9.17, 15) is 4.39 Å². The predicted molar refractivity (Wildman–Crippen MR) is 80.5 cm³/mol. The fourth-order valence-corrected chi connectivity index (χ4v) is 2.62. The summed E-state index contributed by atoms with van der Waals surface area (Å²) in [5.74, 6) is 1.01. The van der Waals surface area contributed by atoms with Crippen molar-refractivity contribution in [2.24, 2.45) is 0 Å². The van der Waals surface area contributed by atoms with E-state index in [1.165, 1.54) is 12.1 Å². The standard InChI is InChI=1S/C15H11Cl2FN2/c16-9-8-14-19-15-12(17)2-1-3-13(15)20(14)11-6-4-10(18)5-7-11/h1-7H,8-9H2. The number of aryl methyl sites for hydroxylation is 1. The molecule has 1 heterocycles. The summed E-state index contributed by atoms with van der Waals surface area (Å²) in [6.45, 7) is 0. The van der Waals surface area contributed by atoms with E-state index in [0.717, 1.165) is 22.5 Å². The summed E-state index contributed by atoms with van der Waals surface area (Å²) in [6, 6.07) is 11.9. The van der Waals surface area contributed by atoms with Crippen molar-refractivity contribution in [2.45, 2.75) is 6.42 Å². The summed E-state index contributed by atoms with van der Waals surface area (Å²) in [5, 5.41) is 0.596. The summed E-state index contributed by atoms with van der Waals surface area (Å²) >= 11 is 12.0. The van der Waals surface area contributed by atoms with Crippen LogP contribution in [0.4, 0.5) is 4.39 Å². The van der Waals surface area contributed by atoms with Crippen LogP contribution in [0, 0.1) is 5.82 Å². The predicted octanol–water partition coefficient (Wildman–Crippen LogP) is 4.60. The molecule has 0 bridgehead atoms. The zero-order valence-electron chi connectivity index (χ0n) is 10.5. The molecule has 0 fully saturated rings. The Labute approximate surface area is 125 Å². The average molecular weight is 309 g/mol. The first-order chi connectivity index (χ1) is 9.70. The highest BCUT2D eigenvalue weighted by Crippen LogP contribution is 2.27. The summed E-state index contributed by atoms with van der Waals surface area (Å²) in [5.41, 5.74) is 2.47. The highest BCUT2D eigenvalue weighted by molar-refractivity contribution is 6.35. The van der Waals surface area contributed by atoms with Crippen LogP contribution in [-0.2, 0) is 6.42 Å². The van der Waals surface area contributed by atoms with Crippen LogP contribution in [0.3, 0.4) is 0 Å². The van der Waals surface area contributed by atoms with Gasteiger partial charge in [0.05, 0.1) is 10.5 Å². The van der Waals surface area contributed by atoms with Crippen LogP contribution in [0.2, 0.25) is 5.02 Å². The molecular weight excluding hydrogens is 298 g/mol. The molecule has 0 saturated heterocycles. The van der Waals surface area contributed by atoms with Gasteiger partial charge in [0.1, 0.15) is 17.2 Å². The van der Waals surface area contributed by atoms with E-state index in [1.54, 1.807) is 18.2 Å². The van der Waals surface area contributed by atoms with Crippen LogP contribution < -0.4 is 0 Å². The Morgan fingerprint density at radius 3 is 2.55 bits per heavy atom. The first-order valence-electron chi connectivity index (χ1n) is 6.18. The molecule has 0 aliphatic rings. The van der Waals surface area contributed by atoms with Gasteiger partial charge in [-0.25, -0.2) is 9.37 Å². The number of rotatable bonds is 3. The maximum absolute atomic E-state index is 13.1. The summed E-state index contributed by atoms with van der Waals surface area (Å²) in [6.07, 6.45) is 0.615. The second-order valence-corrected chi connectivity index (χ2v) is 5.17. The lowest BCUT2D eigenvalue weighted by Crippen LogP contribution is -2.02. The number of benzene rings is 2. The van der Waals surface area contributed by atoms with Gasteiger partial charge in [-0.1, -0.05) is 17.7 Å². The summed E-state index contributed by atoms with van der Waals surface area (Å²) in [4.78, 5) is 4.55. The molecule has 0 atom stereocenters. The molecule has 0 unspecified atom stereocenters. The first kappa shape index (κ1) is 13.4. The number of imidazole rings is 1. The van der Waals surface area contributed by atoms with E-state index in [0.29, 0.717) is 17.3 Å². The highest BCUT2D eigenvalue weighted by Gasteiger charge is 2.13. The highest BCUT2D eigenvalue weighted by atomic mass is 35.5. The fraction of sp³-hybridized carbons (Fsp3) is 0.133. The molecule has 3 rings (SSSR count). The van der Waals surface area contributed by atoms with E-state index in [4.69, 9.17) is 23.2 Å². The van der Waals surface area contributed by atoms with Crippen LogP contribution in [0.1, 0.15) is 5.82 Å². The Balaban J connectivity index is 2.28. The van der Waals surface area contributed by atoms with Gasteiger partial charge < -0.3 is 0 Å². The van der Waals surface area contributed by atoms with Gasteiger partial charge in [-0.3, -0.25) is 4.57 Å². The fourth-order valence-electron chi connectivity index (χ4n) is 2.24. The van der Waals surface area contributed by atoms with Crippen molar-refractivity contribution < 1.29 is 4.39 Å². The molecule has 0 spiro atoms. The first-order valence-corrected chi connectivity index (χ1v) is 7.09. The van der Waals surface area contributed by atoms with Gasteiger partial charge >= 0.3 is 0 Å². The maximum atomic E-state index is 13.1. The number of alkyl halides is 1. The Morgan fingerprint density at radius 2 is 1.85 bits per heavy atom. The minimum absolute atomic E-state index is 0.268. The van der Waals surface area contributed by atoms with Crippen LogP contribution in [0.15, 0.2) is 42.5 Å². The van der Waals surface area contributed by atoms with Crippen LogP contribution >= 0.6 is 23.2 Å². The van der Waals surface area contributed by atoms with Gasteiger partial charge in [0.15, 0.2) is 0 Å². The molecule has 0 aliphatic heterocycles. The van der Waals surface area contributed by atoms with Crippen LogP contribution in [-0.4, -0.2) is 15.4 Å². The monoisotopic (exact) mass is 308 g/mol. The zero-order valence-corrected chi connectivity index (χ0v) is 12.0. The molecule has 0 aliphatic carbocycles. The van der Waals surface area contributed by atoms with Gasteiger partial charge in [0, 0.05) is 18.0 Å². The van der Waals surface area contributed by atoms with Gasteiger partial charge in [0.2, 0.25) is 0 Å². The molecule has 3 aromatic rings. The summed E-state index contributed by atoms with van der Waals surface area (Å²) < 4.78 is 15.0. The second-order valence-electron chi connectivity index (χ2n) is 4.39. The van der Waals surface area contributed by atoms with E-state index >= 15 is 0 Å². The quantitative estimate of drug-likeness (QED) is 0.647. The minimum atomic E-state index is -0.268. The SMILES string of the molecule is Fc1ccc(-n2c(CCCl)nc3c(Cl)cccc32)cc1. The van der Waals surface area contributed by atoms with Crippen molar-refractivity contribution in [3.63, 3.8) is 0 Å². The Hall–Kier alpha value is -1.58. The zero-order chi connectivity index (χ0) is 14.1. The number of nitrogens with zero attached hydrogens (tertiary/aromatic N) is 2. The Kier molecular flexibility index (Phi) is 3.64. The van der Waals surface area contributed by atoms with Gasteiger partial charge in [-0.2, -0.15) is 0 Å². The van der Waals surface area contributed by atoms with Crippen molar-refractivity contribution in [3.8, 4) is 5.69 Å². The van der Waals surface area contributed by atoms with Gasteiger partial charge in [0.25, 0.3) is 0 Å². The van der Waals surface area contributed by atoms with E-state index in [-0.39, 0.29) is 5.82 Å². The lowest BCUT2D eigenvalue weighted by atomic mass is 10.2. The third-order valence-electron chi connectivity index (χ3n) is 3.11. The molecule has 0 saturated carbocycles. The average Bonchev–Trinajstić information content (AvgIpc) is 2.80. The van der Waals surface area contributed by atoms with E-state index in [2.05, 4.69) is 4.98 Å². The minimum Gasteiger partial charge on any atom is -0.296 e. The molecule has 2 nitrogen and oxygen atoms in total.